The molecule has 0 aliphatic heterocycles. The molecule has 0 saturated carbocycles. The second-order valence-electron chi connectivity index (χ2n) is 3.37. The van der Waals surface area contributed by atoms with Crippen molar-refractivity contribution < 1.29 is 23.0 Å². The molecule has 0 fully saturated rings. The molecule has 0 radical (unpaired) electrons. The number of carbonyl (C=O) groups excluding carboxylic acids is 1. The molecular formula is C11H12ClF2NO3. The summed E-state index contributed by atoms with van der Waals surface area (Å²) in [6, 6.07) is 1.16. The summed E-state index contributed by atoms with van der Waals surface area (Å²) in [4.78, 5) is 15.2. The van der Waals surface area contributed by atoms with Crippen LogP contribution in [0.15, 0.2) is 6.07 Å². The maximum Gasteiger partial charge on any atom is 0.311 e. The highest BCUT2D eigenvalue weighted by molar-refractivity contribution is 6.16. The molecule has 0 unspecified atom stereocenters. The quantitative estimate of drug-likeness (QED) is 0.614. The second kappa shape index (κ2) is 6.49. The fourth-order valence-electron chi connectivity index (χ4n) is 1.46. The van der Waals surface area contributed by atoms with Crippen molar-refractivity contribution in [3.05, 3.63) is 23.0 Å². The van der Waals surface area contributed by atoms with Crippen molar-refractivity contribution in [2.75, 3.05) is 14.2 Å². The number of hydrogen-bond donors (Lipinski definition) is 0. The number of esters is 1. The van der Waals surface area contributed by atoms with Gasteiger partial charge in [0.2, 0.25) is 0 Å². The summed E-state index contributed by atoms with van der Waals surface area (Å²) < 4.78 is 35.1. The Morgan fingerprint density at radius 1 is 1.50 bits per heavy atom. The molecule has 0 bridgehead atoms. The Balaban J connectivity index is 3.28. The van der Waals surface area contributed by atoms with Gasteiger partial charge in [0.1, 0.15) is 5.75 Å². The van der Waals surface area contributed by atoms with Gasteiger partial charge in [-0.2, -0.15) is 0 Å². The number of aromatic nitrogens is 1. The summed E-state index contributed by atoms with van der Waals surface area (Å²) in [5.74, 6) is -0.727. The molecule has 0 saturated heterocycles. The van der Waals surface area contributed by atoms with Crippen molar-refractivity contribution in [1.82, 2.24) is 4.98 Å². The lowest BCUT2D eigenvalue weighted by Gasteiger charge is -2.13. The molecule has 0 aliphatic carbocycles. The van der Waals surface area contributed by atoms with Crippen molar-refractivity contribution in [1.29, 1.82) is 0 Å². The fourth-order valence-corrected chi connectivity index (χ4v) is 1.60. The molecule has 1 rings (SSSR count). The van der Waals surface area contributed by atoms with E-state index in [1.54, 1.807) is 0 Å². The van der Waals surface area contributed by atoms with Crippen LogP contribution in [0.3, 0.4) is 0 Å². The first-order valence-electron chi connectivity index (χ1n) is 5.01. The Morgan fingerprint density at radius 3 is 2.61 bits per heavy atom. The molecule has 1 heterocycles. The number of halogens is 3. The molecule has 0 N–H and O–H groups in total. The predicted octanol–water partition coefficient (Wildman–Crippen LogP) is 2.48. The number of rotatable bonds is 5. The number of methoxy groups -OCH3 is 2. The van der Waals surface area contributed by atoms with E-state index in [2.05, 4.69) is 9.72 Å². The Hall–Kier alpha value is -1.43. The van der Waals surface area contributed by atoms with E-state index in [1.807, 2.05) is 0 Å². The van der Waals surface area contributed by atoms with E-state index in [0.717, 1.165) is 6.07 Å². The standard InChI is InChI=1S/C11H12ClF2NO3/c1-17-9(16)4-8-10(18-2)7(11(13)14)3-6(5-12)15-8/h3,11H,4-5H2,1-2H3. The molecule has 7 heteroatoms. The summed E-state index contributed by atoms with van der Waals surface area (Å²) in [5.41, 5.74) is 0.0199. The maximum absolute atomic E-state index is 12.9. The van der Waals surface area contributed by atoms with Gasteiger partial charge in [0.05, 0.1) is 43.5 Å². The van der Waals surface area contributed by atoms with Crippen molar-refractivity contribution in [3.63, 3.8) is 0 Å². The van der Waals surface area contributed by atoms with Crippen LogP contribution in [-0.2, 0) is 21.8 Å². The monoisotopic (exact) mass is 279 g/mol. The lowest BCUT2D eigenvalue weighted by atomic mass is 10.1. The van der Waals surface area contributed by atoms with E-state index in [-0.39, 0.29) is 35.0 Å². The number of nitrogens with zero attached hydrogens (tertiary/aromatic N) is 1. The average molecular weight is 280 g/mol. The van der Waals surface area contributed by atoms with Gasteiger partial charge < -0.3 is 9.47 Å². The van der Waals surface area contributed by atoms with E-state index in [1.165, 1.54) is 14.2 Å². The number of carbonyl (C=O) groups is 1. The first-order valence-corrected chi connectivity index (χ1v) is 5.54. The molecule has 0 aliphatic rings. The summed E-state index contributed by atoms with van der Waals surface area (Å²) in [7, 11) is 2.44. The van der Waals surface area contributed by atoms with Gasteiger partial charge in [-0.3, -0.25) is 9.78 Å². The van der Waals surface area contributed by atoms with E-state index >= 15 is 0 Å². The van der Waals surface area contributed by atoms with Gasteiger partial charge >= 0.3 is 5.97 Å². The molecule has 0 spiro atoms. The fraction of sp³-hybridized carbons (Fsp3) is 0.455. The molecular weight excluding hydrogens is 268 g/mol. The number of pyridine rings is 1. The number of ether oxygens (including phenoxy) is 2. The van der Waals surface area contributed by atoms with Gasteiger partial charge in [-0.05, 0) is 6.07 Å². The maximum atomic E-state index is 12.9. The van der Waals surface area contributed by atoms with Crippen LogP contribution in [0.4, 0.5) is 8.78 Å². The van der Waals surface area contributed by atoms with Gasteiger partial charge in [0.25, 0.3) is 6.43 Å². The highest BCUT2D eigenvalue weighted by atomic mass is 35.5. The van der Waals surface area contributed by atoms with E-state index in [4.69, 9.17) is 16.3 Å². The third-order valence-corrected chi connectivity index (χ3v) is 2.51. The van der Waals surface area contributed by atoms with Gasteiger partial charge in [0.15, 0.2) is 0 Å². The zero-order valence-electron chi connectivity index (χ0n) is 9.87. The van der Waals surface area contributed by atoms with Crippen LogP contribution in [0.2, 0.25) is 0 Å². The van der Waals surface area contributed by atoms with Crippen molar-refractivity contribution >= 4 is 17.6 Å². The SMILES string of the molecule is COC(=O)Cc1nc(CCl)cc(C(F)F)c1OC. The van der Waals surface area contributed by atoms with Gasteiger partial charge in [-0.15, -0.1) is 11.6 Å². The van der Waals surface area contributed by atoms with E-state index in [0.29, 0.717) is 0 Å². The van der Waals surface area contributed by atoms with Gasteiger partial charge in [-0.1, -0.05) is 0 Å². The smallest absolute Gasteiger partial charge is 0.311 e. The van der Waals surface area contributed by atoms with E-state index < -0.39 is 12.4 Å². The van der Waals surface area contributed by atoms with Crippen LogP contribution in [-0.4, -0.2) is 25.2 Å². The third kappa shape index (κ3) is 3.29. The van der Waals surface area contributed by atoms with E-state index in [9.17, 15) is 13.6 Å². The molecule has 0 atom stereocenters. The summed E-state index contributed by atoms with van der Waals surface area (Å²) >= 11 is 5.58. The largest absolute Gasteiger partial charge is 0.494 e. The minimum atomic E-state index is -2.73. The Kier molecular flexibility index (Phi) is 5.27. The predicted molar refractivity (Wildman–Crippen MR) is 61.0 cm³/mol. The lowest BCUT2D eigenvalue weighted by molar-refractivity contribution is -0.139. The van der Waals surface area contributed by atoms with Crippen LogP contribution >= 0.6 is 11.6 Å². The van der Waals surface area contributed by atoms with Gasteiger partial charge in [0, 0.05) is 0 Å². The summed E-state index contributed by atoms with van der Waals surface area (Å²) in [5, 5.41) is 0. The summed E-state index contributed by atoms with van der Waals surface area (Å²) in [6.07, 6.45) is -2.98. The van der Waals surface area contributed by atoms with Gasteiger partial charge in [-0.25, -0.2) is 8.78 Å². The Labute approximate surface area is 108 Å². The molecule has 1 aromatic rings. The second-order valence-corrected chi connectivity index (χ2v) is 3.64. The first kappa shape index (κ1) is 14.6. The zero-order chi connectivity index (χ0) is 13.7. The Bertz CT molecular complexity index is 441. The topological polar surface area (TPSA) is 48.4 Å². The average Bonchev–Trinajstić information content (AvgIpc) is 2.37. The van der Waals surface area contributed by atoms with Crippen LogP contribution in [0, 0.1) is 0 Å². The third-order valence-electron chi connectivity index (χ3n) is 2.24. The zero-order valence-corrected chi connectivity index (χ0v) is 10.6. The van der Waals surface area contributed by atoms with Crippen molar-refractivity contribution in [2.24, 2.45) is 0 Å². The summed E-state index contributed by atoms with van der Waals surface area (Å²) in [6.45, 7) is 0. The molecule has 0 amide bonds. The minimum absolute atomic E-state index is 0.0299. The molecule has 18 heavy (non-hydrogen) atoms. The molecule has 1 aromatic heterocycles. The normalized spacial score (nSPS) is 10.6. The Morgan fingerprint density at radius 2 is 2.17 bits per heavy atom. The van der Waals surface area contributed by atoms with Crippen molar-refractivity contribution in [2.45, 2.75) is 18.7 Å². The number of alkyl halides is 3. The highest BCUT2D eigenvalue weighted by Crippen LogP contribution is 2.32. The van der Waals surface area contributed by atoms with Crippen LogP contribution in [0.5, 0.6) is 5.75 Å². The molecule has 4 nitrogen and oxygen atoms in total. The highest BCUT2D eigenvalue weighted by Gasteiger charge is 2.21. The van der Waals surface area contributed by atoms with Crippen LogP contribution in [0.1, 0.15) is 23.4 Å². The molecule has 100 valence electrons. The lowest BCUT2D eigenvalue weighted by Crippen LogP contribution is -2.10. The first-order chi connectivity index (χ1) is 8.53. The number of hydrogen-bond acceptors (Lipinski definition) is 4. The molecule has 0 aromatic carbocycles. The minimum Gasteiger partial charge on any atom is -0.494 e. The van der Waals surface area contributed by atoms with Crippen molar-refractivity contribution in [3.8, 4) is 5.75 Å². The van der Waals surface area contributed by atoms with Crippen LogP contribution in [0.25, 0.3) is 0 Å². The van der Waals surface area contributed by atoms with Crippen LogP contribution < -0.4 is 4.74 Å².